The first-order valence-electron chi connectivity index (χ1n) is 5.11. The van der Waals surface area contributed by atoms with Crippen LogP contribution in [0, 0.1) is 13.8 Å². The SMILES string of the molecule is Cc1ccc(C)c(-c2cccc(Cl)c2Cl)c1. The second-order valence-corrected chi connectivity index (χ2v) is 4.70. The maximum absolute atomic E-state index is 6.22. The summed E-state index contributed by atoms with van der Waals surface area (Å²) in [5.41, 5.74) is 4.56. The van der Waals surface area contributed by atoms with E-state index in [1.54, 1.807) is 6.07 Å². The summed E-state index contributed by atoms with van der Waals surface area (Å²) in [7, 11) is 0. The van der Waals surface area contributed by atoms with Crippen LogP contribution >= 0.6 is 23.2 Å². The van der Waals surface area contributed by atoms with Gasteiger partial charge in [-0.25, -0.2) is 0 Å². The molecule has 0 unspecified atom stereocenters. The van der Waals surface area contributed by atoms with E-state index in [0.29, 0.717) is 10.0 Å². The molecule has 0 aliphatic heterocycles. The van der Waals surface area contributed by atoms with Gasteiger partial charge in [0.05, 0.1) is 10.0 Å². The van der Waals surface area contributed by atoms with Crippen LogP contribution < -0.4 is 0 Å². The molecule has 0 saturated carbocycles. The number of hydrogen-bond acceptors (Lipinski definition) is 0. The van der Waals surface area contributed by atoms with Gasteiger partial charge in [-0.3, -0.25) is 0 Å². The minimum Gasteiger partial charge on any atom is -0.0827 e. The van der Waals surface area contributed by atoms with Crippen molar-refractivity contribution < 1.29 is 0 Å². The molecule has 0 aromatic heterocycles. The number of hydrogen-bond donors (Lipinski definition) is 0. The second kappa shape index (κ2) is 4.48. The summed E-state index contributed by atoms with van der Waals surface area (Å²) in [6.45, 7) is 4.15. The zero-order valence-electron chi connectivity index (χ0n) is 9.22. The van der Waals surface area contributed by atoms with Gasteiger partial charge in [0.15, 0.2) is 0 Å². The lowest BCUT2D eigenvalue weighted by atomic mass is 9.98. The Morgan fingerprint density at radius 1 is 0.875 bits per heavy atom. The number of halogens is 2. The summed E-state index contributed by atoms with van der Waals surface area (Å²) in [5, 5.41) is 1.22. The van der Waals surface area contributed by atoms with Crippen molar-refractivity contribution >= 4 is 23.2 Å². The van der Waals surface area contributed by atoms with Crippen LogP contribution in [0.4, 0.5) is 0 Å². The van der Waals surface area contributed by atoms with Gasteiger partial charge in [-0.1, -0.05) is 59.1 Å². The van der Waals surface area contributed by atoms with Crippen LogP contribution in [0.5, 0.6) is 0 Å². The largest absolute Gasteiger partial charge is 0.0827 e. The van der Waals surface area contributed by atoms with E-state index >= 15 is 0 Å². The molecule has 0 radical (unpaired) electrons. The van der Waals surface area contributed by atoms with Crippen LogP contribution in [-0.4, -0.2) is 0 Å². The summed E-state index contributed by atoms with van der Waals surface area (Å²) in [6.07, 6.45) is 0. The van der Waals surface area contributed by atoms with Crippen LogP contribution in [0.2, 0.25) is 10.0 Å². The summed E-state index contributed by atoms with van der Waals surface area (Å²) >= 11 is 12.2. The Kier molecular flexibility index (Phi) is 3.22. The fraction of sp³-hybridized carbons (Fsp3) is 0.143. The summed E-state index contributed by atoms with van der Waals surface area (Å²) in [6, 6.07) is 12.0. The lowest BCUT2D eigenvalue weighted by Crippen LogP contribution is -1.86. The van der Waals surface area contributed by atoms with Crippen molar-refractivity contribution in [1.82, 2.24) is 0 Å². The molecule has 2 aromatic carbocycles. The van der Waals surface area contributed by atoms with Gasteiger partial charge in [-0.15, -0.1) is 0 Å². The van der Waals surface area contributed by atoms with Gasteiger partial charge in [-0.05, 0) is 31.0 Å². The molecule has 2 rings (SSSR count). The molecule has 16 heavy (non-hydrogen) atoms. The third-order valence-corrected chi connectivity index (χ3v) is 3.45. The topological polar surface area (TPSA) is 0 Å². The Morgan fingerprint density at radius 3 is 2.38 bits per heavy atom. The standard InChI is InChI=1S/C14H12Cl2/c1-9-6-7-10(2)12(8-9)11-4-3-5-13(15)14(11)16/h3-8H,1-2H3. The van der Waals surface area contributed by atoms with E-state index < -0.39 is 0 Å². The molecule has 0 bridgehead atoms. The van der Waals surface area contributed by atoms with Gasteiger partial charge in [0.1, 0.15) is 0 Å². The molecule has 0 aliphatic rings. The summed E-state index contributed by atoms with van der Waals surface area (Å²) in [4.78, 5) is 0. The van der Waals surface area contributed by atoms with Crippen molar-refractivity contribution in [1.29, 1.82) is 0 Å². The maximum Gasteiger partial charge on any atom is 0.0670 e. The fourth-order valence-corrected chi connectivity index (χ4v) is 2.14. The molecule has 0 amide bonds. The van der Waals surface area contributed by atoms with E-state index in [4.69, 9.17) is 23.2 Å². The van der Waals surface area contributed by atoms with Crippen molar-refractivity contribution in [2.24, 2.45) is 0 Å². The molecule has 82 valence electrons. The number of rotatable bonds is 1. The second-order valence-electron chi connectivity index (χ2n) is 3.92. The molecule has 0 atom stereocenters. The first-order valence-corrected chi connectivity index (χ1v) is 5.87. The maximum atomic E-state index is 6.22. The highest BCUT2D eigenvalue weighted by atomic mass is 35.5. The van der Waals surface area contributed by atoms with Crippen molar-refractivity contribution in [3.63, 3.8) is 0 Å². The Labute approximate surface area is 106 Å². The third kappa shape index (κ3) is 2.09. The lowest BCUT2D eigenvalue weighted by Gasteiger charge is -2.10. The molecule has 0 spiro atoms. The van der Waals surface area contributed by atoms with Crippen LogP contribution in [0.15, 0.2) is 36.4 Å². The summed E-state index contributed by atoms with van der Waals surface area (Å²) in [5.74, 6) is 0. The van der Waals surface area contributed by atoms with E-state index in [2.05, 4.69) is 32.0 Å². The highest BCUT2D eigenvalue weighted by Crippen LogP contribution is 2.35. The van der Waals surface area contributed by atoms with Crippen LogP contribution in [-0.2, 0) is 0 Å². The van der Waals surface area contributed by atoms with Crippen molar-refractivity contribution in [3.8, 4) is 11.1 Å². The third-order valence-electron chi connectivity index (χ3n) is 2.63. The van der Waals surface area contributed by atoms with E-state index in [1.165, 1.54) is 11.1 Å². The Bertz CT molecular complexity index is 530. The van der Waals surface area contributed by atoms with Gasteiger partial charge >= 0.3 is 0 Å². The molecule has 0 nitrogen and oxygen atoms in total. The van der Waals surface area contributed by atoms with Crippen LogP contribution in [0.3, 0.4) is 0 Å². The predicted octanol–water partition coefficient (Wildman–Crippen LogP) is 5.28. The molecule has 2 aromatic rings. The summed E-state index contributed by atoms with van der Waals surface area (Å²) < 4.78 is 0. The zero-order chi connectivity index (χ0) is 11.7. The first kappa shape index (κ1) is 11.5. The molecule has 2 heteroatoms. The molecule has 0 N–H and O–H groups in total. The van der Waals surface area contributed by atoms with Gasteiger partial charge in [0.25, 0.3) is 0 Å². The van der Waals surface area contributed by atoms with Gasteiger partial charge in [0, 0.05) is 5.56 Å². The van der Waals surface area contributed by atoms with E-state index in [9.17, 15) is 0 Å². The predicted molar refractivity (Wildman–Crippen MR) is 71.4 cm³/mol. The Hall–Kier alpha value is -0.980. The lowest BCUT2D eigenvalue weighted by molar-refractivity contribution is 1.39. The highest BCUT2D eigenvalue weighted by Gasteiger charge is 2.08. The number of aryl methyl sites for hydroxylation is 2. The molecular formula is C14H12Cl2. The molecule has 0 heterocycles. The van der Waals surface area contributed by atoms with Gasteiger partial charge in [0.2, 0.25) is 0 Å². The Morgan fingerprint density at radius 2 is 1.62 bits per heavy atom. The smallest absolute Gasteiger partial charge is 0.0670 e. The Balaban J connectivity index is 2.67. The average Bonchev–Trinajstić information content (AvgIpc) is 2.26. The highest BCUT2D eigenvalue weighted by molar-refractivity contribution is 6.43. The van der Waals surface area contributed by atoms with Crippen LogP contribution in [0.25, 0.3) is 11.1 Å². The average molecular weight is 251 g/mol. The monoisotopic (exact) mass is 250 g/mol. The van der Waals surface area contributed by atoms with Crippen molar-refractivity contribution in [2.75, 3.05) is 0 Å². The van der Waals surface area contributed by atoms with E-state index in [-0.39, 0.29) is 0 Å². The van der Waals surface area contributed by atoms with Gasteiger partial charge in [-0.2, -0.15) is 0 Å². The minimum atomic E-state index is 0.597. The quantitative estimate of drug-likeness (QED) is 0.647. The van der Waals surface area contributed by atoms with Gasteiger partial charge < -0.3 is 0 Å². The molecule has 0 saturated heterocycles. The molecule has 0 aliphatic carbocycles. The van der Waals surface area contributed by atoms with E-state index in [1.807, 2.05) is 12.1 Å². The van der Waals surface area contributed by atoms with Crippen LogP contribution in [0.1, 0.15) is 11.1 Å². The number of benzene rings is 2. The molecule has 0 fully saturated rings. The van der Waals surface area contributed by atoms with E-state index in [0.717, 1.165) is 11.1 Å². The van der Waals surface area contributed by atoms with Crippen molar-refractivity contribution in [2.45, 2.75) is 13.8 Å². The normalized spacial score (nSPS) is 10.5. The fourth-order valence-electron chi connectivity index (χ4n) is 1.74. The molecular weight excluding hydrogens is 239 g/mol. The minimum absolute atomic E-state index is 0.597. The zero-order valence-corrected chi connectivity index (χ0v) is 10.7. The van der Waals surface area contributed by atoms with Crippen molar-refractivity contribution in [3.05, 3.63) is 57.6 Å². The first-order chi connectivity index (χ1) is 7.59.